The quantitative estimate of drug-likeness (QED) is 0.162. The number of halogens is 2. The Bertz CT molecular complexity index is 2280. The van der Waals surface area contributed by atoms with E-state index in [1.807, 2.05) is 60.7 Å². The van der Waals surface area contributed by atoms with Crippen LogP contribution in [-0.2, 0) is 0 Å². The van der Waals surface area contributed by atoms with E-state index < -0.39 is 0 Å². The number of pyridine rings is 2. The topological polar surface area (TPSA) is 120 Å². The highest BCUT2D eigenvalue weighted by Gasteiger charge is 2.14. The molecule has 0 bridgehead atoms. The molecule has 52 heavy (non-hydrogen) atoms. The lowest BCUT2D eigenvalue weighted by molar-refractivity contribution is 0.394. The molecule has 8 aromatic rings. The second-order valence-electron chi connectivity index (χ2n) is 11.5. The molecule has 12 heteroatoms. The molecule has 0 unspecified atom stereocenters. The van der Waals surface area contributed by atoms with E-state index in [0.717, 1.165) is 55.8 Å². The van der Waals surface area contributed by atoms with E-state index in [9.17, 15) is 8.78 Å². The maximum atomic E-state index is 13.1. The van der Waals surface area contributed by atoms with Crippen LogP contribution in [-0.4, -0.2) is 58.8 Å². The van der Waals surface area contributed by atoms with Crippen LogP contribution in [0.15, 0.2) is 109 Å². The van der Waals surface area contributed by atoms with Gasteiger partial charge in [-0.3, -0.25) is 10.2 Å². The summed E-state index contributed by atoms with van der Waals surface area (Å²) < 4.78 is 47.6. The molecule has 0 radical (unpaired) electrons. The third-order valence-corrected chi connectivity index (χ3v) is 8.40. The number of nitrogens with zero attached hydrogens (tertiary/aromatic N) is 4. The Hall–Kier alpha value is -6.82. The lowest BCUT2D eigenvalue weighted by Crippen LogP contribution is -1.90. The first-order chi connectivity index (χ1) is 25.3. The first-order valence-corrected chi connectivity index (χ1v) is 16.0. The zero-order valence-electron chi connectivity index (χ0n) is 28.6. The van der Waals surface area contributed by atoms with Crippen molar-refractivity contribution in [1.82, 2.24) is 30.4 Å². The molecule has 10 nitrogen and oxygen atoms in total. The van der Waals surface area contributed by atoms with Crippen molar-refractivity contribution in [2.24, 2.45) is 0 Å². The van der Waals surface area contributed by atoms with Crippen molar-refractivity contribution in [3.05, 3.63) is 121 Å². The molecule has 0 aliphatic carbocycles. The number of aromatic amines is 2. The zero-order chi connectivity index (χ0) is 36.2. The molecule has 4 heterocycles. The van der Waals surface area contributed by atoms with Crippen LogP contribution >= 0.6 is 0 Å². The Morgan fingerprint density at radius 2 is 0.769 bits per heavy atom. The van der Waals surface area contributed by atoms with Crippen molar-refractivity contribution < 1.29 is 27.7 Å². The Balaban J connectivity index is 0.000000162. The fourth-order valence-electron chi connectivity index (χ4n) is 5.70. The molecule has 0 saturated carbocycles. The average molecular weight is 699 g/mol. The summed E-state index contributed by atoms with van der Waals surface area (Å²) in [5.74, 6) is 2.21. The normalized spacial score (nSPS) is 10.9. The number of aromatic nitrogens is 6. The van der Waals surface area contributed by atoms with E-state index in [1.54, 1.807) is 52.7 Å². The molecule has 0 fully saturated rings. The Morgan fingerprint density at radius 3 is 1.10 bits per heavy atom. The minimum atomic E-state index is -0.273. The minimum Gasteiger partial charge on any atom is -0.497 e. The van der Waals surface area contributed by atoms with Gasteiger partial charge in [0.05, 0.1) is 51.2 Å². The summed E-state index contributed by atoms with van der Waals surface area (Å²) in [5.41, 5.74) is 7.75. The smallest absolute Gasteiger partial charge is 0.182 e. The molecular weight excluding hydrogens is 666 g/mol. The number of hydrogen-bond donors (Lipinski definition) is 2. The largest absolute Gasteiger partial charge is 0.497 e. The van der Waals surface area contributed by atoms with Gasteiger partial charge < -0.3 is 18.9 Å². The fourth-order valence-corrected chi connectivity index (χ4v) is 5.70. The summed E-state index contributed by atoms with van der Waals surface area (Å²) >= 11 is 0. The van der Waals surface area contributed by atoms with Crippen molar-refractivity contribution in [2.45, 2.75) is 0 Å². The fraction of sp³-hybridized carbons (Fsp3) is 0.100. The summed E-state index contributed by atoms with van der Waals surface area (Å²) in [6, 6.07) is 31.5. The lowest BCUT2D eigenvalue weighted by atomic mass is 10.1. The van der Waals surface area contributed by atoms with Crippen LogP contribution in [0.3, 0.4) is 0 Å². The molecule has 0 amide bonds. The van der Waals surface area contributed by atoms with Gasteiger partial charge in [0.2, 0.25) is 0 Å². The highest BCUT2D eigenvalue weighted by Crippen LogP contribution is 2.33. The number of ether oxygens (including phenoxy) is 4. The summed E-state index contributed by atoms with van der Waals surface area (Å²) in [6.07, 6.45) is 0. The number of methoxy groups -OCH3 is 4. The van der Waals surface area contributed by atoms with Crippen LogP contribution in [0.5, 0.6) is 23.0 Å². The van der Waals surface area contributed by atoms with E-state index in [4.69, 9.17) is 18.9 Å². The zero-order valence-corrected chi connectivity index (χ0v) is 28.6. The Kier molecular flexibility index (Phi) is 9.44. The average Bonchev–Trinajstić information content (AvgIpc) is 3.82. The number of rotatable bonds is 8. The van der Waals surface area contributed by atoms with Crippen molar-refractivity contribution in [3.8, 4) is 68.0 Å². The van der Waals surface area contributed by atoms with Crippen LogP contribution in [0.1, 0.15) is 0 Å². The predicted octanol–water partition coefficient (Wildman–Crippen LogP) is 8.90. The minimum absolute atomic E-state index is 0.273. The number of hydrogen-bond acceptors (Lipinski definition) is 8. The molecule has 0 spiro atoms. The van der Waals surface area contributed by atoms with Gasteiger partial charge in [-0.05, 0) is 97.1 Å². The van der Waals surface area contributed by atoms with Gasteiger partial charge in [-0.1, -0.05) is 0 Å². The summed E-state index contributed by atoms with van der Waals surface area (Å²) in [6.45, 7) is 0. The third-order valence-electron chi connectivity index (χ3n) is 8.40. The molecule has 0 saturated heterocycles. The Morgan fingerprint density at radius 1 is 0.423 bits per heavy atom. The van der Waals surface area contributed by atoms with Crippen LogP contribution in [0, 0.1) is 11.6 Å². The maximum absolute atomic E-state index is 13.1. The van der Waals surface area contributed by atoms with Gasteiger partial charge in [0.1, 0.15) is 34.6 Å². The summed E-state index contributed by atoms with van der Waals surface area (Å²) in [5, 5.41) is 16.3. The van der Waals surface area contributed by atoms with Crippen LogP contribution in [0.25, 0.3) is 67.1 Å². The van der Waals surface area contributed by atoms with Crippen LogP contribution in [0.2, 0.25) is 0 Å². The lowest BCUT2D eigenvalue weighted by Gasteiger charge is -2.08. The molecule has 0 atom stereocenters. The predicted molar refractivity (Wildman–Crippen MR) is 196 cm³/mol. The van der Waals surface area contributed by atoms with E-state index in [2.05, 4.69) is 30.4 Å². The molecular formula is C40H32F2N6O4. The molecule has 4 aromatic heterocycles. The van der Waals surface area contributed by atoms with Crippen molar-refractivity contribution >= 4 is 22.1 Å². The first-order valence-electron chi connectivity index (χ1n) is 16.0. The molecule has 0 aliphatic heterocycles. The van der Waals surface area contributed by atoms with Gasteiger partial charge >= 0.3 is 0 Å². The van der Waals surface area contributed by atoms with Gasteiger partial charge in [-0.25, -0.2) is 18.7 Å². The second kappa shape index (κ2) is 14.6. The monoisotopic (exact) mass is 698 g/mol. The SMILES string of the molecule is COc1cc(OC)cc(-c2ccc3c(-c4ccc(F)cc4)[nH]nc3n2)c1.COc1cc(OC)cc(-c2ccc3c(-c4ccc(F)cc4)[nH]nc3n2)c1. The van der Waals surface area contributed by atoms with E-state index in [0.29, 0.717) is 34.3 Å². The third kappa shape index (κ3) is 6.94. The van der Waals surface area contributed by atoms with E-state index >= 15 is 0 Å². The molecule has 8 rings (SSSR count). The van der Waals surface area contributed by atoms with Gasteiger partial charge in [0, 0.05) is 45.2 Å². The molecule has 2 N–H and O–H groups in total. The second-order valence-corrected chi connectivity index (χ2v) is 11.5. The van der Waals surface area contributed by atoms with E-state index in [-0.39, 0.29) is 11.6 Å². The van der Waals surface area contributed by atoms with Gasteiger partial charge in [0.15, 0.2) is 11.3 Å². The standard InChI is InChI=1S/2C20H16FN3O2/c2*1-25-15-9-13(10-16(11-15)26-2)18-8-7-17-19(23-24-20(17)22-18)12-3-5-14(21)6-4-12/h2*3-11H,1-2H3,(H,22,23,24). The first kappa shape index (κ1) is 33.7. The van der Waals surface area contributed by atoms with E-state index in [1.165, 1.54) is 24.3 Å². The number of nitrogens with one attached hydrogen (secondary N) is 2. The highest BCUT2D eigenvalue weighted by atomic mass is 19.1. The van der Waals surface area contributed by atoms with Crippen LogP contribution < -0.4 is 18.9 Å². The number of benzene rings is 4. The highest BCUT2D eigenvalue weighted by molar-refractivity contribution is 5.93. The molecule has 0 aliphatic rings. The van der Waals surface area contributed by atoms with Crippen molar-refractivity contribution in [3.63, 3.8) is 0 Å². The van der Waals surface area contributed by atoms with Gasteiger partial charge in [-0.2, -0.15) is 10.2 Å². The van der Waals surface area contributed by atoms with Crippen molar-refractivity contribution in [1.29, 1.82) is 0 Å². The van der Waals surface area contributed by atoms with Crippen molar-refractivity contribution in [2.75, 3.05) is 28.4 Å². The number of H-pyrrole nitrogens is 2. The van der Waals surface area contributed by atoms with Crippen LogP contribution in [0.4, 0.5) is 8.78 Å². The van der Waals surface area contributed by atoms with Gasteiger partial charge in [0.25, 0.3) is 0 Å². The Labute approximate surface area is 297 Å². The summed E-state index contributed by atoms with van der Waals surface area (Å²) in [4.78, 5) is 9.26. The molecule has 260 valence electrons. The summed E-state index contributed by atoms with van der Waals surface area (Å²) in [7, 11) is 6.44. The maximum Gasteiger partial charge on any atom is 0.182 e. The number of fused-ring (bicyclic) bond motifs is 2. The molecule has 4 aromatic carbocycles. The van der Waals surface area contributed by atoms with Gasteiger partial charge in [-0.15, -0.1) is 0 Å².